The lowest BCUT2D eigenvalue weighted by Crippen LogP contribution is -2.11. The summed E-state index contributed by atoms with van der Waals surface area (Å²) >= 11 is 0. The predicted octanol–water partition coefficient (Wildman–Crippen LogP) is 4.50. The highest BCUT2D eigenvalue weighted by Crippen LogP contribution is 2.22. The third-order valence-electron chi connectivity index (χ3n) is 2.97. The van der Waals surface area contributed by atoms with Crippen molar-refractivity contribution in [2.45, 2.75) is 46.0 Å². The summed E-state index contributed by atoms with van der Waals surface area (Å²) < 4.78 is 5.24. The van der Waals surface area contributed by atoms with E-state index in [1.54, 1.807) is 0 Å². The number of allylic oxidation sites excluding steroid dienone is 1. The van der Waals surface area contributed by atoms with Crippen molar-refractivity contribution >= 4 is 5.78 Å². The first-order valence-corrected chi connectivity index (χ1v) is 6.88. The third kappa shape index (κ3) is 5.29. The molecule has 2 nitrogen and oxygen atoms in total. The number of hydrogen-bond donors (Lipinski definition) is 0. The summed E-state index contributed by atoms with van der Waals surface area (Å²) in [6.45, 7) is 9.25. The zero-order chi connectivity index (χ0) is 14.3. The van der Waals surface area contributed by atoms with Crippen molar-refractivity contribution in [3.63, 3.8) is 0 Å². The minimum atomic E-state index is -0.0167. The Bertz CT molecular complexity index is 422. The molecule has 0 spiro atoms. The van der Waals surface area contributed by atoms with E-state index >= 15 is 0 Å². The molecule has 0 radical (unpaired) electrons. The zero-order valence-electron chi connectivity index (χ0n) is 12.4. The first-order chi connectivity index (χ1) is 8.95. The molecule has 1 aromatic rings. The molecule has 0 atom stereocenters. The summed E-state index contributed by atoms with van der Waals surface area (Å²) in [5.74, 6) is -0.0167. The lowest BCUT2D eigenvalue weighted by molar-refractivity contribution is 0.104. The molecular formula is C17H24O2. The summed E-state index contributed by atoms with van der Waals surface area (Å²) in [6.07, 6.45) is 5.09. The van der Waals surface area contributed by atoms with E-state index in [0.29, 0.717) is 12.2 Å². The Balaban J connectivity index is 2.58. The van der Waals surface area contributed by atoms with Gasteiger partial charge in [-0.05, 0) is 17.4 Å². The minimum absolute atomic E-state index is 0.0167. The molecule has 0 fully saturated rings. The van der Waals surface area contributed by atoms with E-state index in [4.69, 9.17) is 4.74 Å². The SMILES string of the molecule is CCCCO/C=C/C(=O)c1ccc(C(C)(C)C)cc1. The van der Waals surface area contributed by atoms with Crippen molar-refractivity contribution in [2.75, 3.05) is 6.61 Å². The van der Waals surface area contributed by atoms with Gasteiger partial charge in [-0.25, -0.2) is 0 Å². The van der Waals surface area contributed by atoms with Gasteiger partial charge < -0.3 is 4.74 Å². The van der Waals surface area contributed by atoms with Gasteiger partial charge in [0.05, 0.1) is 12.9 Å². The number of unbranched alkanes of at least 4 members (excludes halogenated alkanes) is 1. The van der Waals surface area contributed by atoms with Crippen molar-refractivity contribution in [3.05, 3.63) is 47.7 Å². The molecule has 0 unspecified atom stereocenters. The maximum atomic E-state index is 11.9. The van der Waals surface area contributed by atoms with Gasteiger partial charge in [0.1, 0.15) is 0 Å². The Labute approximate surface area is 116 Å². The Morgan fingerprint density at radius 3 is 2.37 bits per heavy atom. The van der Waals surface area contributed by atoms with Crippen LogP contribution in [-0.4, -0.2) is 12.4 Å². The number of benzene rings is 1. The summed E-state index contributed by atoms with van der Waals surface area (Å²) in [4.78, 5) is 11.9. The first-order valence-electron chi connectivity index (χ1n) is 6.88. The van der Waals surface area contributed by atoms with Crippen LogP contribution in [0.1, 0.15) is 56.5 Å². The highest BCUT2D eigenvalue weighted by Gasteiger charge is 2.13. The fourth-order valence-electron chi connectivity index (χ4n) is 1.64. The van der Waals surface area contributed by atoms with Crippen LogP contribution in [0.25, 0.3) is 0 Å². The van der Waals surface area contributed by atoms with E-state index in [0.717, 1.165) is 12.8 Å². The molecule has 0 aliphatic carbocycles. The van der Waals surface area contributed by atoms with E-state index in [-0.39, 0.29) is 11.2 Å². The molecule has 104 valence electrons. The Morgan fingerprint density at radius 1 is 1.21 bits per heavy atom. The lowest BCUT2D eigenvalue weighted by atomic mass is 9.86. The van der Waals surface area contributed by atoms with Gasteiger partial charge in [-0.2, -0.15) is 0 Å². The average Bonchev–Trinajstić information content (AvgIpc) is 2.37. The van der Waals surface area contributed by atoms with Crippen molar-refractivity contribution in [2.24, 2.45) is 0 Å². The van der Waals surface area contributed by atoms with Gasteiger partial charge in [0.2, 0.25) is 0 Å². The van der Waals surface area contributed by atoms with Crippen LogP contribution in [0.15, 0.2) is 36.6 Å². The second-order valence-corrected chi connectivity index (χ2v) is 5.72. The molecule has 2 heteroatoms. The third-order valence-corrected chi connectivity index (χ3v) is 2.97. The van der Waals surface area contributed by atoms with E-state index in [9.17, 15) is 4.79 Å². The standard InChI is InChI=1S/C17H24O2/c1-5-6-12-19-13-11-16(18)14-7-9-15(10-8-14)17(2,3)4/h7-11,13H,5-6,12H2,1-4H3/b13-11+. The number of hydrogen-bond acceptors (Lipinski definition) is 2. The van der Waals surface area contributed by atoms with Gasteiger partial charge in [0, 0.05) is 11.6 Å². The lowest BCUT2D eigenvalue weighted by Gasteiger charge is -2.18. The molecule has 1 aromatic carbocycles. The molecule has 0 aliphatic rings. The number of ketones is 1. The van der Waals surface area contributed by atoms with Crippen molar-refractivity contribution < 1.29 is 9.53 Å². The maximum Gasteiger partial charge on any atom is 0.188 e. The number of carbonyl (C=O) groups excluding carboxylic acids is 1. The molecule has 0 saturated carbocycles. The molecule has 0 N–H and O–H groups in total. The van der Waals surface area contributed by atoms with E-state index < -0.39 is 0 Å². The van der Waals surface area contributed by atoms with Crippen LogP contribution in [0.3, 0.4) is 0 Å². The molecule has 1 rings (SSSR count). The van der Waals surface area contributed by atoms with Gasteiger partial charge in [-0.15, -0.1) is 0 Å². The van der Waals surface area contributed by atoms with Crippen LogP contribution >= 0.6 is 0 Å². The van der Waals surface area contributed by atoms with Gasteiger partial charge in [-0.3, -0.25) is 4.79 Å². The number of carbonyl (C=O) groups is 1. The molecule has 0 bridgehead atoms. The molecule has 0 aliphatic heterocycles. The van der Waals surface area contributed by atoms with Crippen molar-refractivity contribution in [1.82, 2.24) is 0 Å². The molecule has 0 aromatic heterocycles. The normalized spacial score (nSPS) is 11.8. The summed E-state index contributed by atoms with van der Waals surface area (Å²) in [6, 6.07) is 7.77. The predicted molar refractivity (Wildman–Crippen MR) is 79.5 cm³/mol. The second kappa shape index (κ2) is 7.13. The topological polar surface area (TPSA) is 26.3 Å². The number of rotatable bonds is 6. The molecule has 0 heterocycles. The smallest absolute Gasteiger partial charge is 0.188 e. The number of ether oxygens (including phenoxy) is 1. The van der Waals surface area contributed by atoms with Crippen LogP contribution in [0.2, 0.25) is 0 Å². The van der Waals surface area contributed by atoms with E-state index in [1.807, 2.05) is 24.3 Å². The summed E-state index contributed by atoms with van der Waals surface area (Å²) in [7, 11) is 0. The van der Waals surface area contributed by atoms with Crippen molar-refractivity contribution in [3.8, 4) is 0 Å². The van der Waals surface area contributed by atoms with Gasteiger partial charge in [0.15, 0.2) is 5.78 Å². The monoisotopic (exact) mass is 260 g/mol. The second-order valence-electron chi connectivity index (χ2n) is 5.72. The Kier molecular flexibility index (Phi) is 5.81. The molecular weight excluding hydrogens is 236 g/mol. The molecule has 19 heavy (non-hydrogen) atoms. The fourth-order valence-corrected chi connectivity index (χ4v) is 1.64. The summed E-state index contributed by atoms with van der Waals surface area (Å²) in [5.41, 5.74) is 2.04. The fraction of sp³-hybridized carbons (Fsp3) is 0.471. The van der Waals surface area contributed by atoms with Crippen LogP contribution < -0.4 is 0 Å². The maximum absolute atomic E-state index is 11.9. The average molecular weight is 260 g/mol. The van der Waals surface area contributed by atoms with Crippen molar-refractivity contribution in [1.29, 1.82) is 0 Å². The van der Waals surface area contributed by atoms with Crippen LogP contribution in [-0.2, 0) is 10.2 Å². The Morgan fingerprint density at radius 2 is 1.84 bits per heavy atom. The quantitative estimate of drug-likeness (QED) is 0.326. The molecule has 0 saturated heterocycles. The largest absolute Gasteiger partial charge is 0.501 e. The van der Waals surface area contributed by atoms with Crippen LogP contribution in [0.4, 0.5) is 0 Å². The van der Waals surface area contributed by atoms with E-state index in [2.05, 4.69) is 27.7 Å². The highest BCUT2D eigenvalue weighted by atomic mass is 16.5. The van der Waals surface area contributed by atoms with Gasteiger partial charge in [-0.1, -0.05) is 58.4 Å². The van der Waals surface area contributed by atoms with Gasteiger partial charge in [0.25, 0.3) is 0 Å². The van der Waals surface area contributed by atoms with Gasteiger partial charge >= 0.3 is 0 Å². The first kappa shape index (κ1) is 15.5. The molecule has 0 amide bonds. The Hall–Kier alpha value is -1.57. The van der Waals surface area contributed by atoms with Crippen LogP contribution in [0.5, 0.6) is 0 Å². The zero-order valence-corrected chi connectivity index (χ0v) is 12.4. The van der Waals surface area contributed by atoms with E-state index in [1.165, 1.54) is 17.9 Å². The highest BCUT2D eigenvalue weighted by molar-refractivity contribution is 6.04. The summed E-state index contributed by atoms with van der Waals surface area (Å²) in [5, 5.41) is 0. The minimum Gasteiger partial charge on any atom is -0.501 e. The van der Waals surface area contributed by atoms with Crippen LogP contribution in [0, 0.1) is 0 Å².